The maximum absolute atomic E-state index is 13.1. The number of aliphatic carboxylic acids is 1. The van der Waals surface area contributed by atoms with Crippen LogP contribution in [0.3, 0.4) is 0 Å². The second kappa shape index (κ2) is 8.08. The number of aromatic nitrogens is 1. The number of rotatable bonds is 8. The lowest BCUT2D eigenvalue weighted by molar-refractivity contribution is -0.139. The van der Waals surface area contributed by atoms with Crippen LogP contribution >= 0.6 is 0 Å². The molecular weight excluding hydrogens is 334 g/mol. The van der Waals surface area contributed by atoms with Crippen LogP contribution in [0.15, 0.2) is 24.3 Å². The molecule has 0 aliphatic rings. The summed E-state index contributed by atoms with van der Waals surface area (Å²) < 4.78 is 12.2. The van der Waals surface area contributed by atoms with Crippen molar-refractivity contribution in [3.63, 3.8) is 0 Å². The third-order valence-electron chi connectivity index (χ3n) is 4.55. The molecule has 1 aromatic heterocycles. The zero-order valence-corrected chi connectivity index (χ0v) is 15.8. The average Bonchev–Trinajstić information content (AvgIpc) is 2.92. The predicted octanol–water partition coefficient (Wildman–Crippen LogP) is 3.55. The summed E-state index contributed by atoms with van der Waals surface area (Å²) >= 11 is 0. The van der Waals surface area contributed by atoms with Crippen LogP contribution in [0.1, 0.15) is 53.0 Å². The average molecular weight is 359 g/mol. The van der Waals surface area contributed by atoms with Crippen molar-refractivity contribution in [3.8, 4) is 11.5 Å². The Balaban J connectivity index is 2.49. The van der Waals surface area contributed by atoms with Crippen molar-refractivity contribution >= 4 is 11.8 Å². The molecule has 2 aromatic rings. The van der Waals surface area contributed by atoms with Crippen molar-refractivity contribution in [3.05, 3.63) is 46.8 Å². The van der Waals surface area contributed by atoms with E-state index >= 15 is 0 Å². The van der Waals surface area contributed by atoms with E-state index in [-0.39, 0.29) is 5.78 Å². The lowest BCUT2D eigenvalue weighted by Crippen LogP contribution is -2.17. The Labute approximate surface area is 153 Å². The molecule has 1 atom stereocenters. The Morgan fingerprint density at radius 2 is 1.81 bits per heavy atom. The topological polar surface area (TPSA) is 77.8 Å². The maximum Gasteiger partial charge on any atom is 0.312 e. The van der Waals surface area contributed by atoms with Gasteiger partial charge in [-0.1, -0.05) is 13.3 Å². The Morgan fingerprint density at radius 1 is 1.15 bits per heavy atom. The number of benzene rings is 1. The minimum atomic E-state index is -0.877. The number of aryl methyl sites for hydroxylation is 1. The molecule has 0 aliphatic carbocycles. The van der Waals surface area contributed by atoms with E-state index < -0.39 is 11.9 Å². The van der Waals surface area contributed by atoms with Gasteiger partial charge >= 0.3 is 5.97 Å². The van der Waals surface area contributed by atoms with Crippen LogP contribution in [0.5, 0.6) is 11.5 Å². The molecule has 0 bridgehead atoms. The van der Waals surface area contributed by atoms with Crippen molar-refractivity contribution < 1.29 is 24.2 Å². The SMILES string of the molecule is CCCC(C(=O)O)c1cc(C)c(C(=O)c2ccc(OC)c(OC)c2)n1C. The molecule has 140 valence electrons. The summed E-state index contributed by atoms with van der Waals surface area (Å²) in [6.07, 6.45) is 1.27. The summed E-state index contributed by atoms with van der Waals surface area (Å²) in [6.45, 7) is 3.77. The Kier molecular flexibility index (Phi) is 6.08. The number of carbonyl (C=O) groups excluding carboxylic acids is 1. The molecule has 26 heavy (non-hydrogen) atoms. The van der Waals surface area contributed by atoms with Gasteiger partial charge in [0.2, 0.25) is 5.78 Å². The van der Waals surface area contributed by atoms with Gasteiger partial charge in [0.1, 0.15) is 0 Å². The van der Waals surface area contributed by atoms with E-state index in [9.17, 15) is 14.7 Å². The first kappa shape index (κ1) is 19.6. The first-order valence-corrected chi connectivity index (χ1v) is 8.51. The number of nitrogens with zero attached hydrogens (tertiary/aromatic N) is 1. The number of ketones is 1. The molecule has 0 radical (unpaired) electrons. The maximum atomic E-state index is 13.1. The largest absolute Gasteiger partial charge is 0.493 e. The number of methoxy groups -OCH3 is 2. The van der Waals surface area contributed by atoms with Gasteiger partial charge in [0.15, 0.2) is 11.5 Å². The zero-order valence-electron chi connectivity index (χ0n) is 15.8. The minimum Gasteiger partial charge on any atom is -0.493 e. The smallest absolute Gasteiger partial charge is 0.312 e. The van der Waals surface area contributed by atoms with Crippen molar-refractivity contribution in [1.29, 1.82) is 0 Å². The van der Waals surface area contributed by atoms with Crippen molar-refractivity contribution in [2.75, 3.05) is 14.2 Å². The van der Waals surface area contributed by atoms with E-state index in [0.717, 1.165) is 12.0 Å². The summed E-state index contributed by atoms with van der Waals surface area (Å²) in [5.41, 5.74) is 2.33. The van der Waals surface area contributed by atoms with E-state index in [1.165, 1.54) is 14.2 Å². The Morgan fingerprint density at radius 3 is 2.35 bits per heavy atom. The molecule has 0 aliphatic heterocycles. The number of hydrogen-bond donors (Lipinski definition) is 1. The van der Waals surface area contributed by atoms with Gasteiger partial charge in [-0.25, -0.2) is 0 Å². The highest BCUT2D eigenvalue weighted by Gasteiger charge is 2.27. The summed E-state index contributed by atoms with van der Waals surface area (Å²) in [5, 5.41) is 9.54. The number of ether oxygens (including phenoxy) is 2. The quantitative estimate of drug-likeness (QED) is 0.729. The lowest BCUT2D eigenvalue weighted by Gasteiger charge is -2.14. The van der Waals surface area contributed by atoms with Gasteiger partial charge in [-0.2, -0.15) is 0 Å². The number of hydrogen-bond acceptors (Lipinski definition) is 4. The van der Waals surface area contributed by atoms with Gasteiger partial charge in [0.25, 0.3) is 0 Å². The summed E-state index contributed by atoms with van der Waals surface area (Å²) in [5.74, 6) is -0.673. The molecule has 1 N–H and O–H groups in total. The first-order chi connectivity index (χ1) is 12.3. The highest BCUT2D eigenvalue weighted by molar-refractivity contribution is 6.09. The van der Waals surface area contributed by atoms with Crippen LogP contribution in [0.4, 0.5) is 0 Å². The van der Waals surface area contributed by atoms with Gasteiger partial charge in [-0.15, -0.1) is 0 Å². The minimum absolute atomic E-state index is 0.183. The monoisotopic (exact) mass is 359 g/mol. The molecule has 2 rings (SSSR count). The summed E-state index contributed by atoms with van der Waals surface area (Å²) in [7, 11) is 4.79. The molecule has 0 saturated heterocycles. The third-order valence-corrected chi connectivity index (χ3v) is 4.55. The fourth-order valence-electron chi connectivity index (χ4n) is 3.25. The molecule has 1 unspecified atom stereocenters. The third kappa shape index (κ3) is 3.59. The van der Waals surface area contributed by atoms with Gasteiger partial charge in [-0.05, 0) is 43.2 Å². The van der Waals surface area contributed by atoms with E-state index in [0.29, 0.717) is 34.9 Å². The molecule has 0 amide bonds. The molecule has 0 saturated carbocycles. The van der Waals surface area contributed by atoms with Crippen LogP contribution in [-0.2, 0) is 11.8 Å². The van der Waals surface area contributed by atoms with Crippen LogP contribution in [0.2, 0.25) is 0 Å². The van der Waals surface area contributed by atoms with Crippen LogP contribution in [0, 0.1) is 6.92 Å². The first-order valence-electron chi connectivity index (χ1n) is 8.51. The molecule has 0 fully saturated rings. The Hall–Kier alpha value is -2.76. The highest BCUT2D eigenvalue weighted by atomic mass is 16.5. The normalized spacial score (nSPS) is 11.9. The summed E-state index contributed by atoms with van der Waals surface area (Å²) in [4.78, 5) is 24.7. The fourth-order valence-corrected chi connectivity index (χ4v) is 3.25. The molecule has 6 heteroatoms. The van der Waals surface area contributed by atoms with Gasteiger partial charge < -0.3 is 19.1 Å². The highest BCUT2D eigenvalue weighted by Crippen LogP contribution is 2.31. The molecular formula is C20H25NO5. The van der Waals surface area contributed by atoms with Crippen LogP contribution < -0.4 is 9.47 Å². The second-order valence-electron chi connectivity index (χ2n) is 6.24. The molecule has 6 nitrogen and oxygen atoms in total. The van der Waals surface area contributed by atoms with Crippen molar-refractivity contribution in [2.45, 2.75) is 32.6 Å². The van der Waals surface area contributed by atoms with Crippen LogP contribution in [-0.4, -0.2) is 35.6 Å². The van der Waals surface area contributed by atoms with Gasteiger partial charge in [-0.3, -0.25) is 9.59 Å². The number of carbonyl (C=O) groups is 2. The van der Waals surface area contributed by atoms with E-state index in [1.54, 1.807) is 35.9 Å². The van der Waals surface area contributed by atoms with E-state index in [2.05, 4.69) is 0 Å². The molecule has 1 heterocycles. The fraction of sp³-hybridized carbons (Fsp3) is 0.400. The van der Waals surface area contributed by atoms with Crippen molar-refractivity contribution in [2.24, 2.45) is 7.05 Å². The Bertz CT molecular complexity index is 822. The second-order valence-corrected chi connectivity index (χ2v) is 6.24. The standard InChI is InChI=1S/C20H25NO5/c1-6-7-14(20(23)24)15-10-12(2)18(21(15)3)19(22)13-8-9-16(25-4)17(11-13)26-5/h8-11,14H,6-7H2,1-5H3,(H,23,24). The zero-order chi connectivity index (χ0) is 19.4. The number of carboxylic acid groups (broad SMARTS) is 1. The molecule has 0 spiro atoms. The van der Waals surface area contributed by atoms with Crippen molar-refractivity contribution in [1.82, 2.24) is 4.57 Å². The lowest BCUT2D eigenvalue weighted by atomic mass is 10.00. The van der Waals surface area contributed by atoms with Gasteiger partial charge in [0, 0.05) is 18.3 Å². The van der Waals surface area contributed by atoms with Gasteiger partial charge in [0.05, 0.1) is 25.8 Å². The summed E-state index contributed by atoms with van der Waals surface area (Å²) in [6, 6.07) is 6.79. The van der Waals surface area contributed by atoms with E-state index in [4.69, 9.17) is 9.47 Å². The number of carboxylic acids is 1. The predicted molar refractivity (Wildman–Crippen MR) is 98.4 cm³/mol. The van der Waals surface area contributed by atoms with E-state index in [1.807, 2.05) is 13.8 Å². The van der Waals surface area contributed by atoms with Crippen LogP contribution in [0.25, 0.3) is 0 Å². The molecule has 1 aromatic carbocycles.